The summed E-state index contributed by atoms with van der Waals surface area (Å²) in [6.45, 7) is 1.18. The molecule has 4 atom stereocenters. The van der Waals surface area contributed by atoms with Crippen LogP contribution in [0.4, 0.5) is 0 Å². The van der Waals surface area contributed by atoms with Crippen molar-refractivity contribution in [3.05, 3.63) is 0 Å². The van der Waals surface area contributed by atoms with Gasteiger partial charge in [0.1, 0.15) is 12.2 Å². The Labute approximate surface area is 103 Å². The first-order valence-electron chi connectivity index (χ1n) is 6.62. The molecule has 98 valence electrons. The molecule has 0 unspecified atom stereocenters. The standard InChI is InChI=1S/C13H22O4/c1-14-7-11-12(8-15-2)17-13(16-11)5-3-4-9-6-10(9)13/h9-12H,3-8H2,1-2H3/t9-,10+,11-,12-/m0/s1. The first kappa shape index (κ1) is 11.9. The molecule has 1 saturated heterocycles. The Kier molecular flexibility index (Phi) is 3.15. The maximum Gasteiger partial charge on any atom is 0.172 e. The number of hydrogen-bond acceptors (Lipinski definition) is 4. The predicted molar refractivity (Wildman–Crippen MR) is 61.7 cm³/mol. The molecule has 1 spiro atoms. The molecule has 4 heteroatoms. The van der Waals surface area contributed by atoms with Gasteiger partial charge in [-0.3, -0.25) is 0 Å². The van der Waals surface area contributed by atoms with Gasteiger partial charge in [0, 0.05) is 26.6 Å². The lowest BCUT2D eigenvalue weighted by Gasteiger charge is -2.32. The number of methoxy groups -OCH3 is 2. The topological polar surface area (TPSA) is 36.9 Å². The van der Waals surface area contributed by atoms with Crippen LogP contribution in [0.2, 0.25) is 0 Å². The highest BCUT2D eigenvalue weighted by atomic mass is 16.8. The van der Waals surface area contributed by atoms with Crippen LogP contribution in [-0.2, 0) is 18.9 Å². The molecular formula is C13H22O4. The van der Waals surface area contributed by atoms with Gasteiger partial charge in [-0.15, -0.1) is 0 Å². The molecule has 0 aromatic rings. The fraction of sp³-hybridized carbons (Fsp3) is 1.00. The molecule has 0 radical (unpaired) electrons. The molecule has 3 rings (SSSR count). The third kappa shape index (κ3) is 2.01. The summed E-state index contributed by atoms with van der Waals surface area (Å²) in [5, 5.41) is 0. The number of fused-ring (bicyclic) bond motifs is 2. The minimum atomic E-state index is -0.310. The van der Waals surface area contributed by atoms with E-state index in [1.165, 1.54) is 19.3 Å². The van der Waals surface area contributed by atoms with Crippen LogP contribution in [-0.4, -0.2) is 45.4 Å². The van der Waals surface area contributed by atoms with E-state index in [2.05, 4.69) is 0 Å². The van der Waals surface area contributed by atoms with Gasteiger partial charge in [0.2, 0.25) is 0 Å². The minimum Gasteiger partial charge on any atom is -0.382 e. The third-order valence-corrected chi connectivity index (χ3v) is 4.37. The fourth-order valence-corrected chi connectivity index (χ4v) is 3.50. The van der Waals surface area contributed by atoms with Crippen molar-refractivity contribution in [3.63, 3.8) is 0 Å². The van der Waals surface area contributed by atoms with E-state index in [0.717, 1.165) is 12.3 Å². The quantitative estimate of drug-likeness (QED) is 0.750. The van der Waals surface area contributed by atoms with Gasteiger partial charge >= 0.3 is 0 Å². The van der Waals surface area contributed by atoms with Gasteiger partial charge in [-0.25, -0.2) is 0 Å². The third-order valence-electron chi connectivity index (χ3n) is 4.37. The number of ether oxygens (including phenoxy) is 4. The Hall–Kier alpha value is -0.160. The van der Waals surface area contributed by atoms with Gasteiger partial charge in [0.15, 0.2) is 5.79 Å². The molecule has 2 saturated carbocycles. The van der Waals surface area contributed by atoms with Crippen molar-refractivity contribution in [2.75, 3.05) is 27.4 Å². The van der Waals surface area contributed by atoms with Crippen molar-refractivity contribution in [1.29, 1.82) is 0 Å². The van der Waals surface area contributed by atoms with E-state index in [0.29, 0.717) is 19.1 Å². The number of rotatable bonds is 4. The van der Waals surface area contributed by atoms with Crippen LogP contribution >= 0.6 is 0 Å². The Bertz CT molecular complexity index is 267. The minimum absolute atomic E-state index is 0.0271. The zero-order valence-electron chi connectivity index (χ0n) is 10.7. The summed E-state index contributed by atoms with van der Waals surface area (Å²) < 4.78 is 22.9. The maximum absolute atomic E-state index is 6.22. The number of hydrogen-bond donors (Lipinski definition) is 0. The Morgan fingerprint density at radius 3 is 2.35 bits per heavy atom. The molecule has 0 N–H and O–H groups in total. The second-order valence-electron chi connectivity index (χ2n) is 5.53. The Balaban J connectivity index is 1.71. The van der Waals surface area contributed by atoms with Crippen LogP contribution < -0.4 is 0 Å². The van der Waals surface area contributed by atoms with E-state index in [1.54, 1.807) is 14.2 Å². The molecule has 1 heterocycles. The van der Waals surface area contributed by atoms with Crippen LogP contribution in [0.25, 0.3) is 0 Å². The predicted octanol–water partition coefficient (Wildman–Crippen LogP) is 1.58. The van der Waals surface area contributed by atoms with E-state index in [4.69, 9.17) is 18.9 Å². The highest BCUT2D eigenvalue weighted by Gasteiger charge is 2.62. The lowest BCUT2D eigenvalue weighted by molar-refractivity contribution is -0.209. The average Bonchev–Trinajstić information content (AvgIpc) is 3.03. The molecule has 3 fully saturated rings. The van der Waals surface area contributed by atoms with Crippen LogP contribution in [0.1, 0.15) is 25.7 Å². The lowest BCUT2D eigenvalue weighted by Crippen LogP contribution is -2.37. The SMILES string of the molecule is COC[C@@H]1OC2(CCC[C@H]3C[C@H]32)O[C@H]1COC. The van der Waals surface area contributed by atoms with E-state index in [9.17, 15) is 0 Å². The average molecular weight is 242 g/mol. The fourth-order valence-electron chi connectivity index (χ4n) is 3.50. The van der Waals surface area contributed by atoms with Gasteiger partial charge in [-0.05, 0) is 25.2 Å². The molecule has 4 nitrogen and oxygen atoms in total. The van der Waals surface area contributed by atoms with E-state index in [1.807, 2.05) is 0 Å². The summed E-state index contributed by atoms with van der Waals surface area (Å²) in [5.74, 6) is 1.15. The monoisotopic (exact) mass is 242 g/mol. The van der Waals surface area contributed by atoms with Crippen LogP contribution in [0.5, 0.6) is 0 Å². The maximum atomic E-state index is 6.22. The van der Waals surface area contributed by atoms with Crippen LogP contribution in [0, 0.1) is 11.8 Å². The summed E-state index contributed by atoms with van der Waals surface area (Å²) in [4.78, 5) is 0. The smallest absolute Gasteiger partial charge is 0.172 e. The normalized spacial score (nSPS) is 42.7. The van der Waals surface area contributed by atoms with Gasteiger partial charge < -0.3 is 18.9 Å². The second-order valence-corrected chi connectivity index (χ2v) is 5.53. The van der Waals surface area contributed by atoms with Crippen molar-refractivity contribution >= 4 is 0 Å². The zero-order valence-corrected chi connectivity index (χ0v) is 10.7. The Morgan fingerprint density at radius 1 is 1.12 bits per heavy atom. The summed E-state index contributed by atoms with van der Waals surface area (Å²) in [5.41, 5.74) is 0. The van der Waals surface area contributed by atoms with Gasteiger partial charge in [-0.1, -0.05) is 0 Å². The van der Waals surface area contributed by atoms with E-state index < -0.39 is 0 Å². The van der Waals surface area contributed by atoms with E-state index >= 15 is 0 Å². The molecular weight excluding hydrogens is 220 g/mol. The molecule has 2 aliphatic carbocycles. The van der Waals surface area contributed by atoms with Crippen LogP contribution in [0.3, 0.4) is 0 Å². The molecule has 1 aliphatic heterocycles. The molecule has 17 heavy (non-hydrogen) atoms. The van der Waals surface area contributed by atoms with Gasteiger partial charge in [0.05, 0.1) is 13.2 Å². The van der Waals surface area contributed by atoms with Crippen molar-refractivity contribution in [1.82, 2.24) is 0 Å². The van der Waals surface area contributed by atoms with Crippen molar-refractivity contribution in [2.45, 2.75) is 43.7 Å². The van der Waals surface area contributed by atoms with Crippen molar-refractivity contribution < 1.29 is 18.9 Å². The second kappa shape index (κ2) is 4.50. The van der Waals surface area contributed by atoms with Gasteiger partial charge in [0.25, 0.3) is 0 Å². The van der Waals surface area contributed by atoms with Crippen molar-refractivity contribution in [3.8, 4) is 0 Å². The zero-order chi connectivity index (χ0) is 11.9. The molecule has 3 aliphatic rings. The van der Waals surface area contributed by atoms with Crippen LogP contribution in [0.15, 0.2) is 0 Å². The highest BCUT2D eigenvalue weighted by molar-refractivity contribution is 5.04. The largest absolute Gasteiger partial charge is 0.382 e. The molecule has 0 aromatic carbocycles. The lowest BCUT2D eigenvalue weighted by atomic mass is 9.94. The van der Waals surface area contributed by atoms with Gasteiger partial charge in [-0.2, -0.15) is 0 Å². The van der Waals surface area contributed by atoms with E-state index in [-0.39, 0.29) is 18.0 Å². The summed E-state index contributed by atoms with van der Waals surface area (Å²) >= 11 is 0. The highest BCUT2D eigenvalue weighted by Crippen LogP contribution is 2.59. The summed E-state index contributed by atoms with van der Waals surface area (Å²) in [6, 6.07) is 0. The van der Waals surface area contributed by atoms with Crippen molar-refractivity contribution in [2.24, 2.45) is 11.8 Å². The molecule has 0 aromatic heterocycles. The Morgan fingerprint density at radius 2 is 1.76 bits per heavy atom. The first-order chi connectivity index (χ1) is 8.29. The summed E-state index contributed by atoms with van der Waals surface area (Å²) in [7, 11) is 3.41. The summed E-state index contributed by atoms with van der Waals surface area (Å²) in [6.07, 6.45) is 4.94. The molecule has 0 bridgehead atoms. The molecule has 0 amide bonds. The first-order valence-corrected chi connectivity index (χ1v) is 6.62.